The fourth-order valence-electron chi connectivity index (χ4n) is 3.65. The Bertz CT molecular complexity index is 1180. The van der Waals surface area contributed by atoms with E-state index in [-0.39, 0.29) is 11.9 Å². The van der Waals surface area contributed by atoms with Crippen LogP contribution in [0.25, 0.3) is 17.0 Å². The predicted octanol–water partition coefficient (Wildman–Crippen LogP) is 5.34. The van der Waals surface area contributed by atoms with E-state index < -0.39 is 0 Å². The molecule has 2 heterocycles. The highest BCUT2D eigenvalue weighted by molar-refractivity contribution is 7.80. The van der Waals surface area contributed by atoms with E-state index in [9.17, 15) is 4.39 Å². The first-order chi connectivity index (χ1) is 14.9. The Balaban J connectivity index is 1.83. The molecule has 7 heteroatoms. The van der Waals surface area contributed by atoms with E-state index in [2.05, 4.69) is 54.1 Å². The minimum absolute atomic E-state index is 0.241. The smallest absolute Gasteiger partial charge is 0.258 e. The van der Waals surface area contributed by atoms with E-state index in [0.29, 0.717) is 28.9 Å². The van der Waals surface area contributed by atoms with E-state index >= 15 is 0 Å². The summed E-state index contributed by atoms with van der Waals surface area (Å²) in [6, 6.07) is 12.1. The second-order valence-corrected chi connectivity index (χ2v) is 7.94. The van der Waals surface area contributed by atoms with Crippen molar-refractivity contribution < 1.29 is 8.91 Å². The van der Waals surface area contributed by atoms with Gasteiger partial charge >= 0.3 is 0 Å². The molecule has 0 fully saturated rings. The molecule has 0 saturated heterocycles. The first kappa shape index (κ1) is 20.9. The maximum Gasteiger partial charge on any atom is 0.258 e. The number of hydrogen-bond donors (Lipinski definition) is 1. The number of thiocarbonyl (C=S) groups is 1. The van der Waals surface area contributed by atoms with Crippen molar-refractivity contribution in [1.29, 1.82) is 0 Å². The summed E-state index contributed by atoms with van der Waals surface area (Å²) in [5, 5.41) is 8.17. The topological polar surface area (TPSA) is 54.2 Å². The zero-order chi connectivity index (χ0) is 22.1. The lowest BCUT2D eigenvalue weighted by Crippen LogP contribution is -2.45. The zero-order valence-corrected chi connectivity index (χ0v) is 18.5. The minimum Gasteiger partial charge on any atom is -0.351 e. The average Bonchev–Trinajstić information content (AvgIpc) is 3.23. The second-order valence-electron chi connectivity index (χ2n) is 7.55. The lowest BCUT2D eigenvalue weighted by atomic mass is 9.92. The Labute approximate surface area is 186 Å². The largest absolute Gasteiger partial charge is 0.351 e. The zero-order valence-electron chi connectivity index (χ0n) is 17.6. The highest BCUT2D eigenvalue weighted by Crippen LogP contribution is 2.37. The third-order valence-electron chi connectivity index (χ3n) is 5.53. The van der Waals surface area contributed by atoms with E-state index in [0.717, 1.165) is 16.8 Å². The summed E-state index contributed by atoms with van der Waals surface area (Å²) in [5.74, 6) is 0.479. The highest BCUT2D eigenvalue weighted by Gasteiger charge is 2.33. The molecule has 1 aliphatic rings. The molecule has 1 atom stereocenters. The Morgan fingerprint density at radius 1 is 1.16 bits per heavy atom. The van der Waals surface area contributed by atoms with Gasteiger partial charge in [-0.1, -0.05) is 29.4 Å². The van der Waals surface area contributed by atoms with E-state index in [1.54, 1.807) is 18.2 Å². The molecular weight excluding hydrogens is 411 g/mol. The van der Waals surface area contributed by atoms with Gasteiger partial charge in [-0.2, -0.15) is 4.98 Å². The number of hydrogen-bond acceptors (Lipinski definition) is 4. The van der Waals surface area contributed by atoms with Gasteiger partial charge in [-0.25, -0.2) is 4.39 Å². The number of benzene rings is 2. The molecule has 4 rings (SSSR count). The van der Waals surface area contributed by atoms with E-state index in [1.807, 2.05) is 11.8 Å². The van der Waals surface area contributed by atoms with Crippen LogP contribution in [-0.4, -0.2) is 26.7 Å². The lowest BCUT2D eigenvalue weighted by Gasteiger charge is -2.37. The molecule has 31 heavy (non-hydrogen) atoms. The molecule has 0 aliphatic carbocycles. The average molecular weight is 435 g/mol. The number of halogens is 1. The summed E-state index contributed by atoms with van der Waals surface area (Å²) in [4.78, 5) is 6.58. The van der Waals surface area contributed by atoms with Crippen LogP contribution in [-0.2, 0) is 0 Å². The highest BCUT2D eigenvalue weighted by atomic mass is 32.1. The molecule has 2 aromatic carbocycles. The molecule has 0 spiro atoms. The summed E-state index contributed by atoms with van der Waals surface area (Å²) in [5.41, 5.74) is 5.90. The molecule has 0 bridgehead atoms. The first-order valence-electron chi connectivity index (χ1n) is 9.96. The van der Waals surface area contributed by atoms with Gasteiger partial charge in [-0.05, 0) is 73.9 Å². The fraction of sp³-hybridized carbons (Fsp3) is 0.208. The van der Waals surface area contributed by atoms with Crippen LogP contribution in [0.5, 0.6) is 0 Å². The van der Waals surface area contributed by atoms with Crippen molar-refractivity contribution in [3.05, 3.63) is 89.2 Å². The maximum absolute atomic E-state index is 13.3. The normalized spacial score (nSPS) is 16.5. The number of nitrogens with one attached hydrogen (secondary N) is 1. The Hall–Kier alpha value is -3.32. The molecule has 158 valence electrons. The van der Waals surface area contributed by atoms with Gasteiger partial charge in [0.2, 0.25) is 5.82 Å². The molecule has 3 aromatic rings. The van der Waals surface area contributed by atoms with Crippen LogP contribution in [0.3, 0.4) is 0 Å². The van der Waals surface area contributed by atoms with Crippen LogP contribution in [0.4, 0.5) is 4.39 Å². The van der Waals surface area contributed by atoms with Crippen LogP contribution in [0, 0.1) is 19.7 Å². The molecule has 0 saturated carbocycles. The molecule has 1 aromatic heterocycles. The Morgan fingerprint density at radius 3 is 2.58 bits per heavy atom. The lowest BCUT2D eigenvalue weighted by molar-refractivity contribution is 0.399. The van der Waals surface area contributed by atoms with Gasteiger partial charge in [0.1, 0.15) is 5.82 Å². The molecule has 0 radical (unpaired) electrons. The molecular formula is C24H23FN4OS. The summed E-state index contributed by atoms with van der Waals surface area (Å²) in [6.07, 6.45) is 1.79. The third kappa shape index (κ3) is 4.01. The van der Waals surface area contributed by atoms with Crippen molar-refractivity contribution >= 4 is 22.9 Å². The van der Waals surface area contributed by atoms with Crippen molar-refractivity contribution in [2.75, 3.05) is 6.54 Å². The number of aromatic nitrogens is 2. The third-order valence-corrected chi connectivity index (χ3v) is 5.87. The van der Waals surface area contributed by atoms with Crippen LogP contribution in [0.2, 0.25) is 0 Å². The summed E-state index contributed by atoms with van der Waals surface area (Å²) >= 11 is 5.63. The molecule has 5 nitrogen and oxygen atoms in total. The van der Waals surface area contributed by atoms with Crippen LogP contribution in [0.1, 0.15) is 35.5 Å². The fourth-order valence-corrected chi connectivity index (χ4v) is 3.98. The van der Waals surface area contributed by atoms with Crippen LogP contribution < -0.4 is 5.32 Å². The van der Waals surface area contributed by atoms with Gasteiger partial charge in [0.05, 0.1) is 11.6 Å². The van der Waals surface area contributed by atoms with Gasteiger partial charge in [-0.3, -0.25) is 0 Å². The summed E-state index contributed by atoms with van der Waals surface area (Å²) in [7, 11) is 0. The standard InChI is InChI=1S/C24H23FN4OS/c1-5-12-29-16(4)20(21(26-24(29)31)18-7-6-14(2)15(3)13-18)23-27-22(28-30-23)17-8-10-19(25)11-9-17/h5-11,13,21H,1,12H2,2-4H3,(H,26,31). The van der Waals surface area contributed by atoms with Crippen molar-refractivity contribution in [1.82, 2.24) is 20.4 Å². The van der Waals surface area contributed by atoms with Crippen molar-refractivity contribution in [3.63, 3.8) is 0 Å². The van der Waals surface area contributed by atoms with Gasteiger partial charge in [0.25, 0.3) is 5.89 Å². The summed E-state index contributed by atoms with van der Waals surface area (Å²) < 4.78 is 19.0. The molecule has 1 N–H and O–H groups in total. The number of nitrogens with zero attached hydrogens (tertiary/aromatic N) is 3. The first-order valence-corrected chi connectivity index (χ1v) is 10.4. The summed E-state index contributed by atoms with van der Waals surface area (Å²) in [6.45, 7) is 10.5. The number of aryl methyl sites for hydroxylation is 2. The van der Waals surface area contributed by atoms with Crippen LogP contribution in [0.15, 0.2) is 65.3 Å². The van der Waals surface area contributed by atoms with Crippen molar-refractivity contribution in [2.45, 2.75) is 26.8 Å². The Kier molecular flexibility index (Phi) is 5.69. The molecule has 1 aliphatic heterocycles. The maximum atomic E-state index is 13.3. The second kappa shape index (κ2) is 8.43. The SMILES string of the molecule is C=CCN1C(=S)NC(c2ccc(C)c(C)c2)C(c2nc(-c3ccc(F)cc3)no2)=C1C. The quantitative estimate of drug-likeness (QED) is 0.432. The number of rotatable bonds is 5. The Morgan fingerprint density at radius 2 is 1.90 bits per heavy atom. The van der Waals surface area contributed by atoms with Gasteiger partial charge < -0.3 is 14.7 Å². The van der Waals surface area contributed by atoms with Gasteiger partial charge in [-0.15, -0.1) is 6.58 Å². The van der Waals surface area contributed by atoms with Crippen LogP contribution >= 0.6 is 12.2 Å². The number of allylic oxidation sites excluding steroid dienone is 1. The molecule has 1 unspecified atom stereocenters. The monoisotopic (exact) mass is 434 g/mol. The predicted molar refractivity (Wildman–Crippen MR) is 124 cm³/mol. The van der Waals surface area contributed by atoms with Crippen molar-refractivity contribution in [2.24, 2.45) is 0 Å². The van der Waals surface area contributed by atoms with Gasteiger partial charge in [0, 0.05) is 17.8 Å². The minimum atomic E-state index is -0.314. The molecule has 0 amide bonds. The van der Waals surface area contributed by atoms with E-state index in [4.69, 9.17) is 16.7 Å². The van der Waals surface area contributed by atoms with Crippen molar-refractivity contribution in [3.8, 4) is 11.4 Å². The van der Waals surface area contributed by atoms with E-state index in [1.165, 1.54) is 23.3 Å². The van der Waals surface area contributed by atoms with Gasteiger partial charge in [0.15, 0.2) is 5.11 Å².